The molecule has 10 rings (SSSR count). The lowest BCUT2D eigenvalue weighted by atomic mass is 9.87. The molecule has 0 saturated heterocycles. The molecule has 0 amide bonds. The van der Waals surface area contributed by atoms with Gasteiger partial charge in [-0.05, 0) is 78.8 Å². The van der Waals surface area contributed by atoms with Crippen molar-refractivity contribution in [2.75, 3.05) is 0 Å². The van der Waals surface area contributed by atoms with Crippen molar-refractivity contribution in [3.8, 4) is 27.9 Å². The van der Waals surface area contributed by atoms with E-state index >= 15 is 0 Å². The summed E-state index contributed by atoms with van der Waals surface area (Å²) >= 11 is 1.60. The van der Waals surface area contributed by atoms with E-state index in [0.717, 1.165) is 69.1 Å². The van der Waals surface area contributed by atoms with Gasteiger partial charge in [0.25, 0.3) is 0 Å². The minimum absolute atomic E-state index is 0.0947. The Morgan fingerprint density at radius 1 is 0.500 bits per heavy atom. The summed E-state index contributed by atoms with van der Waals surface area (Å²) in [5.74, 6) is 0. The lowest BCUT2D eigenvalue weighted by Crippen LogP contribution is -1.93. The molecule has 204 valence electrons. The fourth-order valence-electron chi connectivity index (χ4n) is 6.96. The molecule has 0 aliphatic carbocycles. The van der Waals surface area contributed by atoms with Crippen LogP contribution in [0.5, 0.6) is 0 Å². The molecule has 0 atom stereocenters. The zero-order valence-corrected chi connectivity index (χ0v) is 23.8. The lowest BCUT2D eigenvalue weighted by Gasteiger charge is -2.17. The van der Waals surface area contributed by atoms with Crippen LogP contribution in [0.3, 0.4) is 0 Å². The summed E-state index contributed by atoms with van der Waals surface area (Å²) < 4.78 is 89.3. The summed E-state index contributed by atoms with van der Waals surface area (Å²) in [7, 11) is 0. The van der Waals surface area contributed by atoms with Crippen molar-refractivity contribution in [1.29, 1.82) is 0 Å². The number of para-hydroxylation sites is 1. The van der Waals surface area contributed by atoms with Crippen molar-refractivity contribution in [3.05, 3.63) is 151 Å². The minimum atomic E-state index is -0.444. The van der Waals surface area contributed by atoms with Gasteiger partial charge in [-0.2, -0.15) is 0 Å². The topological polar surface area (TPSA) is 4.93 Å². The molecule has 2 aromatic heterocycles. The van der Waals surface area contributed by atoms with Crippen LogP contribution in [0.2, 0.25) is 0 Å². The van der Waals surface area contributed by atoms with Crippen LogP contribution in [0.25, 0.3) is 91.5 Å². The summed E-state index contributed by atoms with van der Waals surface area (Å²) in [6, 6.07) is 26.4. The van der Waals surface area contributed by atoms with E-state index in [9.17, 15) is 0 Å². The summed E-state index contributed by atoms with van der Waals surface area (Å²) in [5, 5.41) is 7.39. The van der Waals surface area contributed by atoms with Gasteiger partial charge in [0, 0.05) is 21.2 Å². The number of nitrogens with zero attached hydrogens (tertiary/aromatic N) is 1. The van der Waals surface area contributed by atoms with Crippen molar-refractivity contribution in [3.63, 3.8) is 0 Å². The summed E-state index contributed by atoms with van der Waals surface area (Å²) in [6.07, 6.45) is 0. The van der Waals surface area contributed by atoms with Crippen LogP contribution in [0, 0.1) is 0 Å². The van der Waals surface area contributed by atoms with Crippen LogP contribution >= 0.6 is 11.3 Å². The van der Waals surface area contributed by atoms with Gasteiger partial charge in [0.2, 0.25) is 0 Å². The maximum Gasteiger partial charge on any atom is 0.0727 e. The number of rotatable bonds is 3. The predicted molar refractivity (Wildman–Crippen MR) is 191 cm³/mol. The van der Waals surface area contributed by atoms with E-state index in [1.807, 2.05) is 71.3 Å². The van der Waals surface area contributed by atoms with E-state index in [1.54, 1.807) is 11.3 Å². The number of aromatic nitrogens is 1. The maximum absolute atomic E-state index is 8.97. The highest BCUT2D eigenvalue weighted by Gasteiger charge is 2.22. The third kappa shape index (κ3) is 3.23. The molecule has 10 aromatic rings. The molecule has 1 nitrogen and oxygen atoms in total. The standard InChI is InChI=1S/C42H25NS/c1-3-10-26(11-4-1)30-22-18-27-21-25-34-31(23-19-28-20-24-33(30)38(27)39(28)34)32-15-9-16-36-40(32)42-41(35-14-7-8-17-37(35)44-42)43(36)29-12-5-2-6-13-29/h1-25H/i1D,2D,3D,4D,5D,6D,10D,11D,12D,13D. The largest absolute Gasteiger partial charge is 0.308 e. The summed E-state index contributed by atoms with van der Waals surface area (Å²) in [5.41, 5.74) is 4.16. The normalized spacial score (nSPS) is 15.3. The number of benzene rings is 8. The quantitative estimate of drug-likeness (QED) is 0.182. The van der Waals surface area contributed by atoms with Crippen LogP contribution in [-0.2, 0) is 0 Å². The van der Waals surface area contributed by atoms with Crippen molar-refractivity contribution in [1.82, 2.24) is 4.57 Å². The molecule has 2 heterocycles. The van der Waals surface area contributed by atoms with Gasteiger partial charge < -0.3 is 4.57 Å². The van der Waals surface area contributed by atoms with Crippen molar-refractivity contribution in [2.45, 2.75) is 0 Å². The molecule has 8 aromatic carbocycles. The molecule has 44 heavy (non-hydrogen) atoms. The van der Waals surface area contributed by atoms with E-state index in [1.165, 1.54) is 0 Å². The van der Waals surface area contributed by atoms with Crippen molar-refractivity contribution >= 4 is 74.9 Å². The highest BCUT2D eigenvalue weighted by molar-refractivity contribution is 7.26. The summed E-state index contributed by atoms with van der Waals surface area (Å²) in [4.78, 5) is 0. The first-order chi connectivity index (χ1) is 26.0. The Kier molecular flexibility index (Phi) is 3.37. The first-order valence-corrected chi connectivity index (χ1v) is 15.1. The second kappa shape index (κ2) is 9.03. The first kappa shape index (κ1) is 16.4. The number of fused-ring (bicyclic) bond motifs is 5. The zero-order chi connectivity index (χ0) is 37.5. The van der Waals surface area contributed by atoms with Gasteiger partial charge in [-0.25, -0.2) is 0 Å². The van der Waals surface area contributed by atoms with Gasteiger partial charge >= 0.3 is 0 Å². The Morgan fingerprint density at radius 3 is 1.93 bits per heavy atom. The van der Waals surface area contributed by atoms with Gasteiger partial charge in [0.15, 0.2) is 0 Å². The molecule has 0 bridgehead atoms. The SMILES string of the molecule is [2H]c1c([2H])c([2H])c(-c2ccc3ccc4c(-c5cccc6c5c5sc7ccccc7c5n6-c5c([2H])c([2H])c([2H])c([2H])c5[2H])ccc5ccc2c3c54)c([2H])c1[2H]. The van der Waals surface area contributed by atoms with Gasteiger partial charge in [-0.15, -0.1) is 11.3 Å². The molecule has 0 N–H and O–H groups in total. The molecule has 2 heteroatoms. The average Bonchev–Trinajstić information content (AvgIpc) is 3.72. The van der Waals surface area contributed by atoms with Crippen molar-refractivity contribution in [2.24, 2.45) is 0 Å². The van der Waals surface area contributed by atoms with Gasteiger partial charge in [0.1, 0.15) is 0 Å². The highest BCUT2D eigenvalue weighted by Crippen LogP contribution is 2.48. The molecular formula is C42H25NS. The monoisotopic (exact) mass is 585 g/mol. The van der Waals surface area contributed by atoms with Crippen LogP contribution < -0.4 is 0 Å². The fraction of sp³-hybridized carbons (Fsp3) is 0. The van der Waals surface area contributed by atoms with Gasteiger partial charge in [0.05, 0.1) is 29.4 Å². The first-order valence-electron chi connectivity index (χ1n) is 19.3. The van der Waals surface area contributed by atoms with Gasteiger partial charge in [-0.1, -0.05) is 127 Å². The summed E-state index contributed by atoms with van der Waals surface area (Å²) in [6.45, 7) is 0. The Balaban J connectivity index is 1.32. The zero-order valence-electron chi connectivity index (χ0n) is 33.0. The molecule has 0 aliphatic heterocycles. The van der Waals surface area contributed by atoms with E-state index in [2.05, 4.69) is 24.3 Å². The number of hydrogen-bond donors (Lipinski definition) is 0. The van der Waals surface area contributed by atoms with Crippen LogP contribution in [0.15, 0.2) is 151 Å². The molecule has 0 spiro atoms. The average molecular weight is 586 g/mol. The second-order valence-corrected chi connectivity index (χ2v) is 12.0. The smallest absolute Gasteiger partial charge is 0.0727 e. The van der Waals surface area contributed by atoms with Crippen molar-refractivity contribution < 1.29 is 13.7 Å². The van der Waals surface area contributed by atoms with E-state index in [4.69, 9.17) is 13.7 Å². The number of hydrogen-bond acceptors (Lipinski definition) is 1. The molecule has 0 radical (unpaired) electrons. The Hall–Kier alpha value is -5.44. The molecule has 0 fully saturated rings. The van der Waals surface area contributed by atoms with Gasteiger partial charge in [-0.3, -0.25) is 0 Å². The molecule has 0 unspecified atom stereocenters. The number of thiophene rings is 1. The van der Waals surface area contributed by atoms with E-state index in [-0.39, 0.29) is 47.5 Å². The Labute approximate surface area is 272 Å². The van der Waals surface area contributed by atoms with E-state index in [0.29, 0.717) is 11.1 Å². The molecule has 0 aliphatic rings. The third-order valence-corrected chi connectivity index (χ3v) is 9.92. The predicted octanol–water partition coefficient (Wildman–Crippen LogP) is 12.2. The maximum atomic E-state index is 8.97. The van der Waals surface area contributed by atoms with Crippen LogP contribution in [0.4, 0.5) is 0 Å². The molecule has 0 saturated carbocycles. The second-order valence-electron chi connectivity index (χ2n) is 10.9. The third-order valence-electron chi connectivity index (χ3n) is 8.74. The highest BCUT2D eigenvalue weighted by atomic mass is 32.1. The van der Waals surface area contributed by atoms with Crippen LogP contribution in [-0.4, -0.2) is 4.57 Å². The Morgan fingerprint density at radius 2 is 1.16 bits per heavy atom. The van der Waals surface area contributed by atoms with Crippen LogP contribution in [0.1, 0.15) is 13.7 Å². The minimum Gasteiger partial charge on any atom is -0.308 e. The lowest BCUT2D eigenvalue weighted by molar-refractivity contribution is 1.19. The molecular weight excluding hydrogens is 551 g/mol. The van der Waals surface area contributed by atoms with E-state index < -0.39 is 24.2 Å². The Bertz CT molecular complexity index is 3230. The fourth-order valence-corrected chi connectivity index (χ4v) is 8.22.